The fourth-order valence-corrected chi connectivity index (χ4v) is 7.15. The molecule has 252 valence electrons. The molecule has 0 atom stereocenters. The first-order valence-electron chi connectivity index (χ1n) is 17.9. The fraction of sp³-hybridized carbons (Fsp3) is 0. The van der Waals surface area contributed by atoms with Gasteiger partial charge in [0, 0.05) is 38.9 Å². The Labute approximate surface area is 312 Å². The third kappa shape index (κ3) is 5.63. The molecule has 6 nitrogen and oxygen atoms in total. The van der Waals surface area contributed by atoms with Crippen LogP contribution in [0.15, 0.2) is 182 Å². The highest BCUT2D eigenvalue weighted by molar-refractivity contribution is 6.13. The number of hydrogen-bond acceptors (Lipinski definition) is 6. The molecule has 0 fully saturated rings. The van der Waals surface area contributed by atoms with Gasteiger partial charge < -0.3 is 0 Å². The van der Waals surface area contributed by atoms with Gasteiger partial charge >= 0.3 is 0 Å². The molecular weight excluding hydrogens is 661 g/mol. The summed E-state index contributed by atoms with van der Waals surface area (Å²) in [4.78, 5) is 30.0. The Morgan fingerprint density at radius 2 is 0.500 bits per heavy atom. The van der Waals surface area contributed by atoms with Gasteiger partial charge in [-0.05, 0) is 33.9 Å². The summed E-state index contributed by atoms with van der Waals surface area (Å²) < 4.78 is 0. The zero-order chi connectivity index (χ0) is 35.8. The van der Waals surface area contributed by atoms with Crippen LogP contribution in [0.2, 0.25) is 0 Å². The lowest BCUT2D eigenvalue weighted by molar-refractivity contribution is 1.07. The van der Waals surface area contributed by atoms with E-state index in [-0.39, 0.29) is 0 Å². The average molecular weight is 691 g/mol. The molecule has 2 aromatic heterocycles. The van der Waals surface area contributed by atoms with E-state index in [1.807, 2.05) is 121 Å². The number of hydrogen-bond donors (Lipinski definition) is 0. The van der Waals surface area contributed by atoms with Gasteiger partial charge in [-0.1, -0.05) is 176 Å². The topological polar surface area (TPSA) is 77.3 Å². The molecule has 7 aromatic carbocycles. The maximum Gasteiger partial charge on any atom is 0.164 e. The Kier molecular flexibility index (Phi) is 7.69. The molecule has 54 heavy (non-hydrogen) atoms. The molecule has 0 saturated carbocycles. The molecule has 1 aliphatic rings. The second-order valence-corrected chi connectivity index (χ2v) is 13.1. The number of fused-ring (bicyclic) bond motifs is 4. The van der Waals surface area contributed by atoms with Gasteiger partial charge in [0.2, 0.25) is 0 Å². The minimum Gasteiger partial charge on any atom is -0.208 e. The van der Waals surface area contributed by atoms with Crippen molar-refractivity contribution in [3.05, 3.63) is 182 Å². The van der Waals surface area contributed by atoms with Gasteiger partial charge in [0.1, 0.15) is 0 Å². The normalized spacial score (nSPS) is 11.3. The van der Waals surface area contributed by atoms with E-state index >= 15 is 0 Å². The van der Waals surface area contributed by atoms with Crippen LogP contribution in [0.5, 0.6) is 0 Å². The minimum atomic E-state index is 0.618. The zero-order valence-electron chi connectivity index (χ0n) is 29.0. The molecule has 9 aromatic rings. The molecule has 0 saturated heterocycles. The number of rotatable bonds is 7. The van der Waals surface area contributed by atoms with Gasteiger partial charge in [-0.15, -0.1) is 0 Å². The van der Waals surface area contributed by atoms with Gasteiger partial charge in [-0.2, -0.15) is 0 Å². The first kappa shape index (κ1) is 31.3. The van der Waals surface area contributed by atoms with Crippen LogP contribution in [0.4, 0.5) is 0 Å². The highest BCUT2D eigenvalue weighted by atomic mass is 15.0. The van der Waals surface area contributed by atoms with E-state index in [1.54, 1.807) is 0 Å². The van der Waals surface area contributed by atoms with Crippen LogP contribution in [0.3, 0.4) is 0 Å². The van der Waals surface area contributed by atoms with Crippen molar-refractivity contribution in [2.24, 2.45) is 0 Å². The summed E-state index contributed by atoms with van der Waals surface area (Å²) in [5.41, 5.74) is 12.5. The molecule has 0 unspecified atom stereocenters. The predicted molar refractivity (Wildman–Crippen MR) is 216 cm³/mol. The van der Waals surface area contributed by atoms with Crippen molar-refractivity contribution in [3.63, 3.8) is 0 Å². The molecule has 0 spiro atoms. The predicted octanol–water partition coefficient (Wildman–Crippen LogP) is 11.4. The Balaban J connectivity index is 1.10. The molecule has 2 heterocycles. The highest BCUT2D eigenvalue weighted by Gasteiger charge is 2.30. The van der Waals surface area contributed by atoms with Gasteiger partial charge in [0.25, 0.3) is 0 Å². The smallest absolute Gasteiger partial charge is 0.164 e. The second kappa shape index (κ2) is 13.3. The van der Waals surface area contributed by atoms with Crippen molar-refractivity contribution in [1.29, 1.82) is 0 Å². The SMILES string of the molecule is c1ccc(-c2nc(-c3ccccc3)nc(-c3cccc(-c4cccc5c4-c4c(-c6nc(-c7ccccc7)nc(-c7ccccc7)n6)cccc4-5)c3)n2)cc1. The van der Waals surface area contributed by atoms with Crippen molar-refractivity contribution in [2.45, 2.75) is 0 Å². The second-order valence-electron chi connectivity index (χ2n) is 13.1. The van der Waals surface area contributed by atoms with Crippen LogP contribution in [0, 0.1) is 0 Å². The standard InChI is InChI=1S/C48H30N6/c1-5-16-31(17-6-1)43-49-44(32-18-7-2-8-19-32)52-47(51-43)36-25-13-24-35(30-36)37-26-14-27-38-39-28-15-29-40(42(39)41(37)38)48-53-45(33-20-9-3-10-21-33)50-46(54-48)34-22-11-4-12-23-34/h1-30H. The molecule has 1 aliphatic carbocycles. The third-order valence-corrected chi connectivity index (χ3v) is 9.74. The van der Waals surface area contributed by atoms with E-state index < -0.39 is 0 Å². The molecule has 0 N–H and O–H groups in total. The van der Waals surface area contributed by atoms with Gasteiger partial charge in [-0.25, -0.2) is 29.9 Å². The average Bonchev–Trinajstić information content (AvgIpc) is 3.26. The Morgan fingerprint density at radius 3 is 0.944 bits per heavy atom. The number of benzene rings is 7. The molecule has 0 amide bonds. The number of nitrogens with zero attached hydrogens (tertiary/aromatic N) is 6. The largest absolute Gasteiger partial charge is 0.208 e. The van der Waals surface area contributed by atoms with Gasteiger partial charge in [-0.3, -0.25) is 0 Å². The summed E-state index contributed by atoms with van der Waals surface area (Å²) in [6, 6.07) is 61.7. The summed E-state index contributed by atoms with van der Waals surface area (Å²) in [5, 5.41) is 0. The lowest BCUT2D eigenvalue weighted by atomic mass is 9.74. The van der Waals surface area contributed by atoms with Crippen LogP contribution in [0.1, 0.15) is 0 Å². The van der Waals surface area contributed by atoms with Crippen molar-refractivity contribution in [1.82, 2.24) is 29.9 Å². The maximum atomic E-state index is 5.09. The number of aromatic nitrogens is 6. The van der Waals surface area contributed by atoms with Crippen LogP contribution < -0.4 is 0 Å². The lowest BCUT2D eigenvalue weighted by Gasteiger charge is -2.29. The van der Waals surface area contributed by atoms with Crippen LogP contribution >= 0.6 is 0 Å². The van der Waals surface area contributed by atoms with E-state index in [4.69, 9.17) is 29.9 Å². The van der Waals surface area contributed by atoms with E-state index in [1.165, 1.54) is 16.7 Å². The minimum absolute atomic E-state index is 0.618. The molecule has 0 radical (unpaired) electrons. The summed E-state index contributed by atoms with van der Waals surface area (Å²) >= 11 is 0. The van der Waals surface area contributed by atoms with E-state index in [0.717, 1.165) is 50.1 Å². The molecular formula is C48H30N6. The summed E-state index contributed by atoms with van der Waals surface area (Å²) in [6.07, 6.45) is 0. The zero-order valence-corrected chi connectivity index (χ0v) is 29.0. The molecule has 0 aliphatic heterocycles. The van der Waals surface area contributed by atoms with Gasteiger partial charge in [0.15, 0.2) is 34.9 Å². The quantitative estimate of drug-likeness (QED) is 0.166. The van der Waals surface area contributed by atoms with Crippen molar-refractivity contribution >= 4 is 0 Å². The third-order valence-electron chi connectivity index (χ3n) is 9.74. The Morgan fingerprint density at radius 1 is 0.204 bits per heavy atom. The van der Waals surface area contributed by atoms with E-state index in [2.05, 4.69) is 60.7 Å². The summed E-state index contributed by atoms with van der Waals surface area (Å²) in [5.74, 6) is 3.80. The Hall–Kier alpha value is -7.44. The van der Waals surface area contributed by atoms with Crippen molar-refractivity contribution < 1.29 is 0 Å². The summed E-state index contributed by atoms with van der Waals surface area (Å²) in [6.45, 7) is 0. The molecule has 10 rings (SSSR count). The molecule has 0 bridgehead atoms. The van der Waals surface area contributed by atoms with Crippen molar-refractivity contribution in [3.8, 4) is 102 Å². The molecule has 6 heteroatoms. The highest BCUT2D eigenvalue weighted by Crippen LogP contribution is 2.55. The van der Waals surface area contributed by atoms with Gasteiger partial charge in [0.05, 0.1) is 0 Å². The first-order valence-corrected chi connectivity index (χ1v) is 17.9. The monoisotopic (exact) mass is 690 g/mol. The van der Waals surface area contributed by atoms with Crippen LogP contribution in [0.25, 0.3) is 102 Å². The maximum absolute atomic E-state index is 5.09. The van der Waals surface area contributed by atoms with Crippen LogP contribution in [-0.2, 0) is 0 Å². The first-order chi connectivity index (χ1) is 26.8. The Bertz CT molecular complexity index is 2690. The van der Waals surface area contributed by atoms with E-state index in [0.29, 0.717) is 34.9 Å². The van der Waals surface area contributed by atoms with E-state index in [9.17, 15) is 0 Å². The van der Waals surface area contributed by atoms with Crippen LogP contribution in [-0.4, -0.2) is 29.9 Å². The van der Waals surface area contributed by atoms with Crippen molar-refractivity contribution in [2.75, 3.05) is 0 Å². The summed E-state index contributed by atoms with van der Waals surface area (Å²) in [7, 11) is 0. The fourth-order valence-electron chi connectivity index (χ4n) is 7.15. The lowest BCUT2D eigenvalue weighted by Crippen LogP contribution is -2.06.